The number of para-hydroxylation sites is 1. The molecule has 9 heteroatoms. The average Bonchev–Trinajstić information content (AvgIpc) is 3.22. The van der Waals surface area contributed by atoms with Gasteiger partial charge in [0.2, 0.25) is 0 Å². The van der Waals surface area contributed by atoms with E-state index in [4.69, 9.17) is 4.74 Å². The number of ether oxygens (including phenoxy) is 1. The van der Waals surface area contributed by atoms with Crippen molar-refractivity contribution >= 4 is 17.6 Å². The summed E-state index contributed by atoms with van der Waals surface area (Å²) in [5.74, 6) is 0.505. The SMILES string of the molecule is COc1ccccc1C(=O)N1CCC2(CCN(C(=O)Nc3ccc(C(F)(F)F)cc3)CC2)C1. The Morgan fingerprint density at radius 1 is 0.939 bits per heavy atom. The van der Waals surface area contributed by atoms with Crippen LogP contribution in [0.5, 0.6) is 5.75 Å². The van der Waals surface area contributed by atoms with Gasteiger partial charge < -0.3 is 19.9 Å². The van der Waals surface area contributed by atoms with Crippen molar-refractivity contribution in [1.29, 1.82) is 0 Å². The van der Waals surface area contributed by atoms with Crippen molar-refractivity contribution in [2.45, 2.75) is 25.4 Å². The van der Waals surface area contributed by atoms with Gasteiger partial charge in [0.25, 0.3) is 5.91 Å². The fourth-order valence-electron chi connectivity index (χ4n) is 4.64. The molecule has 0 aliphatic carbocycles. The number of hydrogen-bond donors (Lipinski definition) is 1. The molecule has 2 heterocycles. The van der Waals surface area contributed by atoms with Gasteiger partial charge in [0.15, 0.2) is 0 Å². The molecule has 0 saturated carbocycles. The molecule has 3 amide bonds. The van der Waals surface area contributed by atoms with Gasteiger partial charge in [0.1, 0.15) is 5.75 Å². The smallest absolute Gasteiger partial charge is 0.416 e. The summed E-state index contributed by atoms with van der Waals surface area (Å²) in [7, 11) is 1.54. The van der Waals surface area contributed by atoms with Crippen LogP contribution in [-0.4, -0.2) is 55.0 Å². The molecule has 4 rings (SSSR count). The summed E-state index contributed by atoms with van der Waals surface area (Å²) in [4.78, 5) is 29.1. The zero-order chi connectivity index (χ0) is 23.6. The minimum atomic E-state index is -4.41. The zero-order valence-electron chi connectivity index (χ0n) is 18.3. The highest BCUT2D eigenvalue weighted by Crippen LogP contribution is 2.41. The van der Waals surface area contributed by atoms with Crippen LogP contribution in [0.15, 0.2) is 48.5 Å². The molecule has 2 aliphatic rings. The van der Waals surface area contributed by atoms with Gasteiger partial charge in [-0.05, 0) is 61.1 Å². The van der Waals surface area contributed by atoms with Crippen LogP contribution < -0.4 is 10.1 Å². The van der Waals surface area contributed by atoms with Crippen LogP contribution >= 0.6 is 0 Å². The van der Waals surface area contributed by atoms with Gasteiger partial charge in [-0.15, -0.1) is 0 Å². The Bertz CT molecular complexity index is 1020. The number of nitrogens with one attached hydrogen (secondary N) is 1. The molecule has 0 atom stereocenters. The number of piperidine rings is 1. The molecule has 0 aromatic heterocycles. The molecule has 33 heavy (non-hydrogen) atoms. The lowest BCUT2D eigenvalue weighted by Gasteiger charge is -2.39. The normalized spacial score (nSPS) is 17.8. The largest absolute Gasteiger partial charge is 0.496 e. The maximum atomic E-state index is 13.0. The van der Waals surface area contributed by atoms with Gasteiger partial charge in [0, 0.05) is 31.9 Å². The molecular formula is C24H26F3N3O3. The lowest BCUT2D eigenvalue weighted by Crippen LogP contribution is -2.46. The number of methoxy groups -OCH3 is 1. The van der Waals surface area contributed by atoms with Gasteiger partial charge in [-0.25, -0.2) is 4.79 Å². The van der Waals surface area contributed by atoms with E-state index in [2.05, 4.69) is 5.32 Å². The molecule has 0 radical (unpaired) electrons. The number of halogens is 3. The third-order valence-electron chi connectivity index (χ3n) is 6.64. The maximum Gasteiger partial charge on any atom is 0.416 e. The third kappa shape index (κ3) is 4.91. The standard InChI is InChI=1S/C24H26F3N3O3/c1-33-20-5-3-2-4-19(20)21(31)30-15-12-23(16-30)10-13-29(14-11-23)22(32)28-18-8-6-17(7-9-18)24(25,26)27/h2-9H,10-16H2,1H3,(H,28,32). The highest BCUT2D eigenvalue weighted by Gasteiger charge is 2.43. The number of hydrogen-bond acceptors (Lipinski definition) is 3. The van der Waals surface area contributed by atoms with Crippen LogP contribution in [-0.2, 0) is 6.18 Å². The molecule has 0 bridgehead atoms. The Kier molecular flexibility index (Phi) is 6.23. The summed E-state index contributed by atoms with van der Waals surface area (Å²) in [6, 6.07) is 11.3. The monoisotopic (exact) mass is 461 g/mol. The van der Waals surface area contributed by atoms with Gasteiger partial charge >= 0.3 is 12.2 Å². The minimum absolute atomic E-state index is 0.0250. The van der Waals surface area contributed by atoms with E-state index < -0.39 is 11.7 Å². The number of benzene rings is 2. The number of carbonyl (C=O) groups is 2. The summed E-state index contributed by atoms with van der Waals surface area (Å²) in [5.41, 5.74) is 0.0880. The number of alkyl halides is 3. The van der Waals surface area contributed by atoms with Crippen molar-refractivity contribution in [2.24, 2.45) is 5.41 Å². The second-order valence-corrected chi connectivity index (χ2v) is 8.67. The Balaban J connectivity index is 1.32. The quantitative estimate of drug-likeness (QED) is 0.709. The van der Waals surface area contributed by atoms with E-state index in [1.165, 1.54) is 12.1 Å². The maximum absolute atomic E-state index is 13.0. The number of nitrogens with zero attached hydrogens (tertiary/aromatic N) is 2. The van der Waals surface area contributed by atoms with E-state index in [1.807, 2.05) is 17.0 Å². The van der Waals surface area contributed by atoms with E-state index >= 15 is 0 Å². The molecule has 1 N–H and O–H groups in total. The van der Waals surface area contributed by atoms with E-state index in [-0.39, 0.29) is 17.4 Å². The second-order valence-electron chi connectivity index (χ2n) is 8.67. The predicted octanol–water partition coefficient (Wildman–Crippen LogP) is 4.87. The molecule has 0 unspecified atom stereocenters. The van der Waals surface area contributed by atoms with E-state index in [9.17, 15) is 22.8 Å². The molecule has 2 fully saturated rings. The summed E-state index contributed by atoms with van der Waals surface area (Å²) in [6.45, 7) is 2.36. The third-order valence-corrected chi connectivity index (χ3v) is 6.64. The number of urea groups is 1. The Morgan fingerprint density at radius 2 is 1.55 bits per heavy atom. The van der Waals surface area contributed by atoms with E-state index in [0.29, 0.717) is 43.2 Å². The van der Waals surface area contributed by atoms with Crippen molar-refractivity contribution in [1.82, 2.24) is 9.80 Å². The molecule has 176 valence electrons. The lowest BCUT2D eigenvalue weighted by atomic mass is 9.78. The molecule has 6 nitrogen and oxygen atoms in total. The molecular weight excluding hydrogens is 435 g/mol. The van der Waals surface area contributed by atoms with Crippen molar-refractivity contribution < 1.29 is 27.5 Å². The van der Waals surface area contributed by atoms with Crippen LogP contribution in [0.3, 0.4) is 0 Å². The van der Waals surface area contributed by atoms with Crippen LogP contribution in [0, 0.1) is 5.41 Å². The van der Waals surface area contributed by atoms with E-state index in [1.54, 1.807) is 24.1 Å². The number of likely N-dealkylation sites (tertiary alicyclic amines) is 2. The van der Waals surface area contributed by atoms with Gasteiger partial charge in [-0.2, -0.15) is 13.2 Å². The average molecular weight is 461 g/mol. The van der Waals surface area contributed by atoms with Crippen LogP contribution in [0.4, 0.5) is 23.7 Å². The molecule has 1 spiro atoms. The summed E-state index contributed by atoms with van der Waals surface area (Å²) in [6.07, 6.45) is -2.00. The van der Waals surface area contributed by atoms with Gasteiger partial charge in [0.05, 0.1) is 18.2 Å². The first-order chi connectivity index (χ1) is 15.7. The first kappa shape index (κ1) is 22.9. The minimum Gasteiger partial charge on any atom is -0.496 e. The molecule has 2 aromatic rings. The zero-order valence-corrected chi connectivity index (χ0v) is 18.3. The van der Waals surface area contributed by atoms with Crippen molar-refractivity contribution in [2.75, 3.05) is 38.6 Å². The Hall–Kier alpha value is -3.23. The van der Waals surface area contributed by atoms with Gasteiger partial charge in [-0.3, -0.25) is 4.79 Å². The van der Waals surface area contributed by atoms with Crippen molar-refractivity contribution in [3.8, 4) is 5.75 Å². The highest BCUT2D eigenvalue weighted by molar-refractivity contribution is 5.97. The Morgan fingerprint density at radius 3 is 2.15 bits per heavy atom. The molecule has 2 aliphatic heterocycles. The highest BCUT2D eigenvalue weighted by atomic mass is 19.4. The first-order valence-corrected chi connectivity index (χ1v) is 10.9. The van der Waals surface area contributed by atoms with Gasteiger partial charge in [-0.1, -0.05) is 12.1 Å². The topological polar surface area (TPSA) is 61.9 Å². The number of carbonyl (C=O) groups excluding carboxylic acids is 2. The predicted molar refractivity (Wildman–Crippen MR) is 117 cm³/mol. The fraction of sp³-hybridized carbons (Fsp3) is 0.417. The second kappa shape index (κ2) is 8.96. The first-order valence-electron chi connectivity index (χ1n) is 10.9. The number of amides is 3. The fourth-order valence-corrected chi connectivity index (χ4v) is 4.64. The molecule has 2 saturated heterocycles. The van der Waals surface area contributed by atoms with E-state index in [0.717, 1.165) is 31.4 Å². The van der Waals surface area contributed by atoms with Crippen LogP contribution in [0.25, 0.3) is 0 Å². The summed E-state index contributed by atoms with van der Waals surface area (Å²) < 4.78 is 43.4. The lowest BCUT2D eigenvalue weighted by molar-refractivity contribution is -0.137. The van der Waals surface area contributed by atoms with Crippen molar-refractivity contribution in [3.63, 3.8) is 0 Å². The van der Waals surface area contributed by atoms with Crippen LogP contribution in [0.2, 0.25) is 0 Å². The number of rotatable bonds is 3. The van der Waals surface area contributed by atoms with Crippen molar-refractivity contribution in [3.05, 3.63) is 59.7 Å². The summed E-state index contributed by atoms with van der Waals surface area (Å²) >= 11 is 0. The van der Waals surface area contributed by atoms with Crippen LogP contribution in [0.1, 0.15) is 35.2 Å². The number of anilines is 1. The molecule has 2 aromatic carbocycles. The Labute approximate surface area is 190 Å². The summed E-state index contributed by atoms with van der Waals surface area (Å²) in [5, 5.41) is 2.67.